The van der Waals surface area contributed by atoms with Crippen molar-refractivity contribution in [2.24, 2.45) is 5.92 Å². The number of hydrogen-bond donors (Lipinski definition) is 0. The van der Waals surface area contributed by atoms with Crippen LogP contribution in [-0.2, 0) is 6.54 Å². The summed E-state index contributed by atoms with van der Waals surface area (Å²) in [6.07, 6.45) is 5.81. The Morgan fingerprint density at radius 1 is 1.33 bits per heavy atom. The van der Waals surface area contributed by atoms with Crippen molar-refractivity contribution in [3.8, 4) is 0 Å². The van der Waals surface area contributed by atoms with Crippen molar-refractivity contribution < 1.29 is 0 Å². The van der Waals surface area contributed by atoms with Gasteiger partial charge in [0, 0.05) is 49.6 Å². The van der Waals surface area contributed by atoms with Crippen LogP contribution in [0.2, 0.25) is 0 Å². The van der Waals surface area contributed by atoms with E-state index >= 15 is 0 Å². The van der Waals surface area contributed by atoms with Gasteiger partial charge in [0.2, 0.25) is 0 Å². The Balaban J connectivity index is 1.82. The molecule has 3 heteroatoms. The van der Waals surface area contributed by atoms with Crippen LogP contribution >= 0.6 is 0 Å². The number of rotatable bonds is 3. The summed E-state index contributed by atoms with van der Waals surface area (Å²) in [7, 11) is 0. The third kappa shape index (κ3) is 2.24. The van der Waals surface area contributed by atoms with Gasteiger partial charge in [-0.3, -0.25) is 4.79 Å². The Bertz CT molecular complexity index is 480. The van der Waals surface area contributed by atoms with Gasteiger partial charge in [0.05, 0.1) is 0 Å². The summed E-state index contributed by atoms with van der Waals surface area (Å²) in [6, 6.07) is 3.55. The normalized spacial score (nSPS) is 26.9. The van der Waals surface area contributed by atoms with Gasteiger partial charge in [-0.25, -0.2) is 0 Å². The Morgan fingerprint density at radius 2 is 2.22 bits per heavy atom. The number of unbranched alkanes of at least 4 members (excludes halogenated alkanes) is 1. The van der Waals surface area contributed by atoms with Crippen molar-refractivity contribution in [3.63, 3.8) is 0 Å². The highest BCUT2D eigenvalue weighted by molar-refractivity contribution is 5.16. The molecule has 2 bridgehead atoms. The van der Waals surface area contributed by atoms with Crippen molar-refractivity contribution in [3.05, 3.63) is 34.2 Å². The van der Waals surface area contributed by atoms with Crippen molar-refractivity contribution in [1.82, 2.24) is 9.47 Å². The maximum absolute atomic E-state index is 11.5. The second-order valence-corrected chi connectivity index (χ2v) is 5.85. The highest BCUT2D eigenvalue weighted by Gasteiger charge is 2.33. The summed E-state index contributed by atoms with van der Waals surface area (Å²) < 4.78 is 2.30. The van der Waals surface area contributed by atoms with Crippen molar-refractivity contribution in [2.75, 3.05) is 19.6 Å². The van der Waals surface area contributed by atoms with Gasteiger partial charge in [-0.1, -0.05) is 13.3 Å². The fourth-order valence-corrected chi connectivity index (χ4v) is 3.54. The number of nitrogens with zero attached hydrogens (tertiary/aromatic N) is 2. The number of likely N-dealkylation sites (tertiary alicyclic amines) is 1. The summed E-state index contributed by atoms with van der Waals surface area (Å²) in [5.74, 6) is 1.35. The van der Waals surface area contributed by atoms with Crippen LogP contribution in [0.25, 0.3) is 0 Å². The Labute approximate surface area is 108 Å². The molecule has 1 fully saturated rings. The molecule has 0 radical (unpaired) electrons. The second-order valence-electron chi connectivity index (χ2n) is 5.85. The zero-order valence-corrected chi connectivity index (χ0v) is 11.1. The Hall–Kier alpha value is -1.09. The summed E-state index contributed by atoms with van der Waals surface area (Å²) >= 11 is 0. The summed E-state index contributed by atoms with van der Waals surface area (Å²) in [5, 5.41) is 0. The molecule has 0 aliphatic carbocycles. The fourth-order valence-electron chi connectivity index (χ4n) is 3.54. The average Bonchev–Trinajstić information content (AvgIpc) is 2.37. The molecule has 0 N–H and O–H groups in total. The number of aromatic nitrogens is 1. The lowest BCUT2D eigenvalue weighted by atomic mass is 9.83. The first-order valence-corrected chi connectivity index (χ1v) is 7.19. The van der Waals surface area contributed by atoms with Gasteiger partial charge in [0.1, 0.15) is 0 Å². The van der Waals surface area contributed by atoms with Crippen LogP contribution in [0.3, 0.4) is 0 Å². The maximum atomic E-state index is 11.5. The molecule has 0 amide bonds. The minimum absolute atomic E-state index is 0.158. The molecule has 1 aromatic heterocycles. The molecular weight excluding hydrogens is 224 g/mol. The Kier molecular flexibility index (Phi) is 3.25. The van der Waals surface area contributed by atoms with E-state index in [4.69, 9.17) is 0 Å². The molecule has 2 atom stereocenters. The van der Waals surface area contributed by atoms with Gasteiger partial charge in [-0.15, -0.1) is 0 Å². The second kappa shape index (κ2) is 4.88. The third-order valence-electron chi connectivity index (χ3n) is 4.35. The molecule has 0 unspecified atom stereocenters. The van der Waals surface area contributed by atoms with E-state index in [9.17, 15) is 4.79 Å². The van der Waals surface area contributed by atoms with E-state index in [2.05, 4.69) is 16.4 Å². The minimum atomic E-state index is 0.158. The molecule has 2 aliphatic heterocycles. The van der Waals surface area contributed by atoms with E-state index in [1.807, 2.05) is 12.3 Å². The SMILES string of the molecule is CCCCN1C[C@H]2C[C@@H](C1)c1cc(=O)ccn1C2. The van der Waals surface area contributed by atoms with E-state index in [-0.39, 0.29) is 5.43 Å². The molecule has 3 heterocycles. The molecule has 1 aromatic rings. The van der Waals surface area contributed by atoms with Gasteiger partial charge >= 0.3 is 0 Å². The highest BCUT2D eigenvalue weighted by atomic mass is 16.1. The summed E-state index contributed by atoms with van der Waals surface area (Å²) in [6.45, 7) is 6.94. The van der Waals surface area contributed by atoms with Crippen LogP contribution in [0, 0.1) is 5.92 Å². The first-order valence-electron chi connectivity index (χ1n) is 7.19. The topological polar surface area (TPSA) is 25.2 Å². The lowest BCUT2D eigenvalue weighted by Gasteiger charge is -2.43. The van der Waals surface area contributed by atoms with E-state index in [0.29, 0.717) is 5.92 Å². The lowest BCUT2D eigenvalue weighted by Crippen LogP contribution is -2.45. The van der Waals surface area contributed by atoms with Crippen LogP contribution in [0.4, 0.5) is 0 Å². The highest BCUT2D eigenvalue weighted by Crippen LogP contribution is 2.35. The maximum Gasteiger partial charge on any atom is 0.181 e. The molecule has 3 rings (SSSR count). The predicted octanol–water partition coefficient (Wildman–Crippen LogP) is 2.07. The molecule has 18 heavy (non-hydrogen) atoms. The number of pyridine rings is 1. The van der Waals surface area contributed by atoms with Gasteiger partial charge in [0.25, 0.3) is 0 Å². The third-order valence-corrected chi connectivity index (χ3v) is 4.35. The van der Waals surface area contributed by atoms with Crippen LogP contribution < -0.4 is 5.43 Å². The van der Waals surface area contributed by atoms with Crippen LogP contribution in [-0.4, -0.2) is 29.1 Å². The van der Waals surface area contributed by atoms with Crippen molar-refractivity contribution in [2.45, 2.75) is 38.6 Å². The van der Waals surface area contributed by atoms with Crippen LogP contribution in [0.15, 0.2) is 23.1 Å². The van der Waals surface area contributed by atoms with E-state index < -0.39 is 0 Å². The zero-order valence-electron chi connectivity index (χ0n) is 11.1. The van der Waals surface area contributed by atoms with E-state index in [0.717, 1.165) is 19.0 Å². The molecular formula is C15H22N2O. The number of piperidine rings is 1. The fraction of sp³-hybridized carbons (Fsp3) is 0.667. The minimum Gasteiger partial charge on any atom is -0.350 e. The molecule has 0 saturated carbocycles. The molecule has 3 nitrogen and oxygen atoms in total. The molecule has 0 aromatic carbocycles. The standard InChI is InChI=1S/C15H22N2O/c1-2-3-5-16-9-12-7-13(11-16)15-8-14(18)4-6-17(15)10-12/h4,6,8,12-13H,2-3,5,7,9-11H2,1H3/t12-,13+/m1/s1. The van der Waals surface area contributed by atoms with Gasteiger partial charge < -0.3 is 9.47 Å². The van der Waals surface area contributed by atoms with E-state index in [1.54, 1.807) is 6.07 Å². The quantitative estimate of drug-likeness (QED) is 0.815. The van der Waals surface area contributed by atoms with E-state index in [1.165, 1.54) is 38.0 Å². The first kappa shape index (κ1) is 12.0. The summed E-state index contributed by atoms with van der Waals surface area (Å²) in [5.41, 5.74) is 1.42. The van der Waals surface area contributed by atoms with Crippen molar-refractivity contribution >= 4 is 0 Å². The average molecular weight is 246 g/mol. The molecule has 98 valence electrons. The van der Waals surface area contributed by atoms with Gasteiger partial charge in [0.15, 0.2) is 5.43 Å². The smallest absolute Gasteiger partial charge is 0.181 e. The zero-order chi connectivity index (χ0) is 12.5. The lowest BCUT2D eigenvalue weighted by molar-refractivity contribution is 0.120. The van der Waals surface area contributed by atoms with Crippen molar-refractivity contribution in [1.29, 1.82) is 0 Å². The molecule has 0 spiro atoms. The first-order chi connectivity index (χ1) is 8.76. The molecule has 2 aliphatic rings. The molecule has 1 saturated heterocycles. The summed E-state index contributed by atoms with van der Waals surface area (Å²) in [4.78, 5) is 14.1. The Morgan fingerprint density at radius 3 is 3.06 bits per heavy atom. The largest absolute Gasteiger partial charge is 0.350 e. The van der Waals surface area contributed by atoms with Crippen LogP contribution in [0.5, 0.6) is 0 Å². The number of fused-ring (bicyclic) bond motifs is 4. The number of hydrogen-bond acceptors (Lipinski definition) is 2. The predicted molar refractivity (Wildman–Crippen MR) is 72.9 cm³/mol. The van der Waals surface area contributed by atoms with Gasteiger partial charge in [-0.2, -0.15) is 0 Å². The van der Waals surface area contributed by atoms with Crippen LogP contribution in [0.1, 0.15) is 37.8 Å². The monoisotopic (exact) mass is 246 g/mol. The van der Waals surface area contributed by atoms with Gasteiger partial charge in [-0.05, 0) is 25.3 Å².